The summed E-state index contributed by atoms with van der Waals surface area (Å²) in [6.07, 6.45) is 2.74. The van der Waals surface area contributed by atoms with Gasteiger partial charge in [-0.15, -0.1) is 0 Å². The van der Waals surface area contributed by atoms with Crippen LogP contribution in [-0.4, -0.2) is 26.2 Å². The third-order valence-electron chi connectivity index (χ3n) is 2.49. The summed E-state index contributed by atoms with van der Waals surface area (Å²) in [6.45, 7) is 11.6. The SMILES string of the molecule is CC(C)(C)CNCC1CCCNC1. The Morgan fingerprint density at radius 2 is 2.15 bits per heavy atom. The molecule has 1 unspecified atom stereocenters. The average molecular weight is 184 g/mol. The van der Waals surface area contributed by atoms with Crippen LogP contribution in [0, 0.1) is 11.3 Å². The molecule has 0 aliphatic carbocycles. The van der Waals surface area contributed by atoms with Gasteiger partial charge in [-0.3, -0.25) is 0 Å². The first kappa shape index (κ1) is 11.0. The lowest BCUT2D eigenvalue weighted by Crippen LogP contribution is -2.38. The molecule has 1 aliphatic rings. The Kier molecular flexibility index (Phi) is 4.20. The molecule has 0 amide bonds. The van der Waals surface area contributed by atoms with Crippen LogP contribution in [0.4, 0.5) is 0 Å². The van der Waals surface area contributed by atoms with Crippen LogP contribution in [-0.2, 0) is 0 Å². The molecule has 0 saturated carbocycles. The van der Waals surface area contributed by atoms with Crippen molar-refractivity contribution in [2.45, 2.75) is 33.6 Å². The molecule has 0 spiro atoms. The highest BCUT2D eigenvalue weighted by Gasteiger charge is 2.14. The van der Waals surface area contributed by atoms with Crippen molar-refractivity contribution in [1.29, 1.82) is 0 Å². The normalized spacial score (nSPS) is 24.7. The second-order valence-corrected chi connectivity index (χ2v) is 5.40. The molecule has 1 saturated heterocycles. The van der Waals surface area contributed by atoms with Gasteiger partial charge in [-0.05, 0) is 50.4 Å². The van der Waals surface area contributed by atoms with E-state index >= 15 is 0 Å². The fraction of sp³-hybridized carbons (Fsp3) is 1.00. The maximum atomic E-state index is 3.56. The zero-order valence-electron chi connectivity index (χ0n) is 9.32. The zero-order valence-corrected chi connectivity index (χ0v) is 9.32. The molecule has 0 radical (unpaired) electrons. The molecular formula is C11H24N2. The summed E-state index contributed by atoms with van der Waals surface area (Å²) < 4.78 is 0. The van der Waals surface area contributed by atoms with Gasteiger partial charge in [0.1, 0.15) is 0 Å². The van der Waals surface area contributed by atoms with E-state index in [9.17, 15) is 0 Å². The monoisotopic (exact) mass is 184 g/mol. The van der Waals surface area contributed by atoms with E-state index in [1.165, 1.54) is 32.5 Å². The molecule has 78 valence electrons. The topological polar surface area (TPSA) is 24.1 Å². The van der Waals surface area contributed by atoms with Gasteiger partial charge in [0.05, 0.1) is 0 Å². The first-order chi connectivity index (χ1) is 6.08. The molecule has 0 aromatic heterocycles. The molecule has 2 nitrogen and oxygen atoms in total. The van der Waals surface area contributed by atoms with Gasteiger partial charge in [0.2, 0.25) is 0 Å². The van der Waals surface area contributed by atoms with Gasteiger partial charge in [-0.2, -0.15) is 0 Å². The van der Waals surface area contributed by atoms with E-state index in [0.29, 0.717) is 5.41 Å². The predicted octanol–water partition coefficient (Wildman–Crippen LogP) is 1.62. The number of rotatable bonds is 3. The van der Waals surface area contributed by atoms with Crippen molar-refractivity contribution in [2.24, 2.45) is 11.3 Å². The van der Waals surface area contributed by atoms with E-state index in [0.717, 1.165) is 12.5 Å². The summed E-state index contributed by atoms with van der Waals surface area (Å²) in [5, 5.41) is 7.00. The van der Waals surface area contributed by atoms with Crippen LogP contribution in [0.1, 0.15) is 33.6 Å². The molecule has 2 N–H and O–H groups in total. The van der Waals surface area contributed by atoms with Crippen molar-refractivity contribution in [1.82, 2.24) is 10.6 Å². The highest BCUT2D eigenvalue weighted by Crippen LogP contribution is 2.12. The number of piperidine rings is 1. The molecule has 1 atom stereocenters. The Balaban J connectivity index is 2.04. The summed E-state index contributed by atoms with van der Waals surface area (Å²) in [6, 6.07) is 0. The van der Waals surface area contributed by atoms with Crippen LogP contribution in [0.25, 0.3) is 0 Å². The summed E-state index contributed by atoms with van der Waals surface area (Å²) in [5.41, 5.74) is 0.419. The van der Waals surface area contributed by atoms with E-state index < -0.39 is 0 Å². The Bertz CT molecular complexity index is 132. The molecule has 0 bridgehead atoms. The van der Waals surface area contributed by atoms with Crippen LogP contribution in [0.2, 0.25) is 0 Å². The predicted molar refractivity (Wildman–Crippen MR) is 57.9 cm³/mol. The summed E-state index contributed by atoms with van der Waals surface area (Å²) >= 11 is 0. The van der Waals surface area contributed by atoms with E-state index in [4.69, 9.17) is 0 Å². The molecule has 1 fully saturated rings. The van der Waals surface area contributed by atoms with Gasteiger partial charge in [-0.1, -0.05) is 20.8 Å². The molecule has 1 heterocycles. The third-order valence-corrected chi connectivity index (χ3v) is 2.49. The molecule has 0 aromatic rings. The smallest absolute Gasteiger partial charge is 0.0000000105 e. The van der Waals surface area contributed by atoms with E-state index in [-0.39, 0.29) is 0 Å². The lowest BCUT2D eigenvalue weighted by molar-refractivity contribution is 0.322. The standard InChI is InChI=1S/C11H24N2/c1-11(2,3)9-13-8-10-5-4-6-12-7-10/h10,12-13H,4-9H2,1-3H3. The Morgan fingerprint density at radius 3 is 2.69 bits per heavy atom. The fourth-order valence-corrected chi connectivity index (χ4v) is 1.75. The number of hydrogen-bond donors (Lipinski definition) is 2. The van der Waals surface area contributed by atoms with Crippen LogP contribution in [0.5, 0.6) is 0 Å². The van der Waals surface area contributed by atoms with Crippen molar-refractivity contribution in [3.63, 3.8) is 0 Å². The van der Waals surface area contributed by atoms with Crippen molar-refractivity contribution in [3.8, 4) is 0 Å². The Morgan fingerprint density at radius 1 is 1.38 bits per heavy atom. The van der Waals surface area contributed by atoms with E-state index in [1.807, 2.05) is 0 Å². The Labute approximate surface area is 82.5 Å². The molecule has 0 aromatic carbocycles. The summed E-state index contributed by atoms with van der Waals surface area (Å²) in [5.74, 6) is 0.857. The second kappa shape index (κ2) is 4.97. The van der Waals surface area contributed by atoms with Crippen LogP contribution < -0.4 is 10.6 Å². The van der Waals surface area contributed by atoms with E-state index in [1.54, 1.807) is 0 Å². The minimum atomic E-state index is 0.419. The van der Waals surface area contributed by atoms with Crippen LogP contribution in [0.3, 0.4) is 0 Å². The maximum Gasteiger partial charge on any atom is -0.0000000105 e. The molecule has 1 rings (SSSR count). The lowest BCUT2D eigenvalue weighted by atomic mass is 9.95. The minimum Gasteiger partial charge on any atom is -0.316 e. The van der Waals surface area contributed by atoms with Gasteiger partial charge < -0.3 is 10.6 Å². The van der Waals surface area contributed by atoms with Crippen LogP contribution in [0.15, 0.2) is 0 Å². The first-order valence-corrected chi connectivity index (χ1v) is 5.49. The van der Waals surface area contributed by atoms with Crippen molar-refractivity contribution in [2.75, 3.05) is 26.2 Å². The number of hydrogen-bond acceptors (Lipinski definition) is 2. The second-order valence-electron chi connectivity index (χ2n) is 5.40. The highest BCUT2D eigenvalue weighted by atomic mass is 14.9. The highest BCUT2D eigenvalue weighted by molar-refractivity contribution is 4.73. The van der Waals surface area contributed by atoms with Gasteiger partial charge in [-0.25, -0.2) is 0 Å². The molecular weight excluding hydrogens is 160 g/mol. The third kappa shape index (κ3) is 5.27. The Hall–Kier alpha value is -0.0800. The zero-order chi connectivity index (χ0) is 9.73. The first-order valence-electron chi connectivity index (χ1n) is 5.49. The van der Waals surface area contributed by atoms with E-state index in [2.05, 4.69) is 31.4 Å². The van der Waals surface area contributed by atoms with Crippen molar-refractivity contribution < 1.29 is 0 Å². The van der Waals surface area contributed by atoms with Gasteiger partial charge in [0.15, 0.2) is 0 Å². The minimum absolute atomic E-state index is 0.419. The van der Waals surface area contributed by atoms with Gasteiger partial charge in [0.25, 0.3) is 0 Å². The molecule has 13 heavy (non-hydrogen) atoms. The maximum absolute atomic E-state index is 3.56. The quantitative estimate of drug-likeness (QED) is 0.696. The summed E-state index contributed by atoms with van der Waals surface area (Å²) in [7, 11) is 0. The van der Waals surface area contributed by atoms with Gasteiger partial charge >= 0.3 is 0 Å². The fourth-order valence-electron chi connectivity index (χ4n) is 1.75. The lowest BCUT2D eigenvalue weighted by Gasteiger charge is -2.25. The molecule has 2 heteroatoms. The number of nitrogens with one attached hydrogen (secondary N) is 2. The average Bonchev–Trinajstić information content (AvgIpc) is 2.04. The van der Waals surface area contributed by atoms with Crippen molar-refractivity contribution in [3.05, 3.63) is 0 Å². The summed E-state index contributed by atoms with van der Waals surface area (Å²) in [4.78, 5) is 0. The largest absolute Gasteiger partial charge is 0.316 e. The van der Waals surface area contributed by atoms with Crippen molar-refractivity contribution >= 4 is 0 Å². The van der Waals surface area contributed by atoms with Gasteiger partial charge in [0, 0.05) is 0 Å². The van der Waals surface area contributed by atoms with Crippen LogP contribution >= 0.6 is 0 Å². The molecule has 1 aliphatic heterocycles.